The van der Waals surface area contributed by atoms with Crippen LogP contribution in [0.15, 0.2) is 64.1 Å². The van der Waals surface area contributed by atoms with Crippen LogP contribution in [0.25, 0.3) is 11.3 Å². The number of hydrazone groups is 1. The molecule has 0 bridgehead atoms. The van der Waals surface area contributed by atoms with Crippen LogP contribution < -0.4 is 5.43 Å². The number of esters is 1. The van der Waals surface area contributed by atoms with Gasteiger partial charge in [-0.05, 0) is 48.5 Å². The molecular weight excluding hydrogens is 403 g/mol. The van der Waals surface area contributed by atoms with E-state index in [-0.39, 0.29) is 16.5 Å². The number of carbonyl (C=O) groups is 2. The molecule has 0 saturated carbocycles. The summed E-state index contributed by atoms with van der Waals surface area (Å²) < 4.78 is 10.3. The number of benzene rings is 2. The first kappa shape index (κ1) is 19.7. The minimum atomic E-state index is -0.514. The Morgan fingerprint density at radius 2 is 1.82 bits per heavy atom. The van der Waals surface area contributed by atoms with Gasteiger partial charge in [-0.2, -0.15) is 5.10 Å². The monoisotopic (exact) mass is 416 g/mol. The summed E-state index contributed by atoms with van der Waals surface area (Å²) in [6.07, 6.45) is 1.38. The van der Waals surface area contributed by atoms with Crippen molar-refractivity contribution in [2.45, 2.75) is 0 Å². The third kappa shape index (κ3) is 4.60. The summed E-state index contributed by atoms with van der Waals surface area (Å²) in [6, 6.07) is 14.7. The van der Waals surface area contributed by atoms with Crippen molar-refractivity contribution in [3.05, 3.63) is 81.5 Å². The number of furan rings is 1. The van der Waals surface area contributed by atoms with E-state index < -0.39 is 5.97 Å². The van der Waals surface area contributed by atoms with Gasteiger partial charge < -0.3 is 9.15 Å². The third-order valence-electron chi connectivity index (χ3n) is 3.75. The van der Waals surface area contributed by atoms with Gasteiger partial charge in [0.05, 0.1) is 23.9 Å². The van der Waals surface area contributed by atoms with Gasteiger partial charge in [0.2, 0.25) is 0 Å². The molecular formula is C20H14Cl2N2O4. The Hall–Kier alpha value is -3.09. The summed E-state index contributed by atoms with van der Waals surface area (Å²) in [4.78, 5) is 23.6. The quantitative estimate of drug-likeness (QED) is 0.367. The van der Waals surface area contributed by atoms with Gasteiger partial charge in [0.1, 0.15) is 11.5 Å². The lowest BCUT2D eigenvalue weighted by Gasteiger charge is -2.04. The SMILES string of the molecule is COC(=O)c1ccc(-c2ccc(/C=N\NC(=O)c3ccc(Cl)cc3)o2)cc1Cl. The molecule has 0 aliphatic heterocycles. The number of rotatable bonds is 5. The number of methoxy groups -OCH3 is 1. The Labute approximate surface area is 170 Å². The second-order valence-corrected chi connectivity index (χ2v) is 6.44. The van der Waals surface area contributed by atoms with E-state index in [1.54, 1.807) is 54.6 Å². The molecule has 0 aliphatic rings. The number of ether oxygens (including phenoxy) is 1. The number of halogens is 2. The van der Waals surface area contributed by atoms with Crippen molar-refractivity contribution in [2.24, 2.45) is 5.10 Å². The van der Waals surface area contributed by atoms with Crippen molar-refractivity contribution in [3.63, 3.8) is 0 Å². The smallest absolute Gasteiger partial charge is 0.339 e. The van der Waals surface area contributed by atoms with Crippen molar-refractivity contribution in [2.75, 3.05) is 7.11 Å². The molecule has 28 heavy (non-hydrogen) atoms. The average Bonchev–Trinajstić information content (AvgIpc) is 3.16. The van der Waals surface area contributed by atoms with Crippen LogP contribution in [0.2, 0.25) is 10.0 Å². The molecule has 0 spiro atoms. The number of nitrogens with one attached hydrogen (secondary N) is 1. The Morgan fingerprint density at radius 3 is 2.50 bits per heavy atom. The first-order chi connectivity index (χ1) is 13.5. The first-order valence-electron chi connectivity index (χ1n) is 8.05. The second kappa shape index (κ2) is 8.73. The molecule has 0 aliphatic carbocycles. The van der Waals surface area contributed by atoms with E-state index in [1.807, 2.05) is 0 Å². The zero-order valence-electron chi connectivity index (χ0n) is 14.6. The van der Waals surface area contributed by atoms with Gasteiger partial charge in [0.25, 0.3) is 5.91 Å². The zero-order chi connectivity index (χ0) is 20.1. The van der Waals surface area contributed by atoms with Gasteiger partial charge in [0.15, 0.2) is 0 Å². The van der Waals surface area contributed by atoms with Crippen LogP contribution in [0.3, 0.4) is 0 Å². The molecule has 0 radical (unpaired) electrons. The average molecular weight is 417 g/mol. The largest absolute Gasteiger partial charge is 0.465 e. The van der Waals surface area contributed by atoms with Crippen LogP contribution >= 0.6 is 23.2 Å². The van der Waals surface area contributed by atoms with Crippen molar-refractivity contribution in [3.8, 4) is 11.3 Å². The third-order valence-corrected chi connectivity index (χ3v) is 4.31. The van der Waals surface area contributed by atoms with Crippen molar-refractivity contribution >= 4 is 41.3 Å². The van der Waals surface area contributed by atoms with Crippen LogP contribution in [0.1, 0.15) is 26.5 Å². The van der Waals surface area contributed by atoms with Gasteiger partial charge in [-0.25, -0.2) is 10.2 Å². The van der Waals surface area contributed by atoms with Gasteiger partial charge in [-0.3, -0.25) is 4.79 Å². The van der Waals surface area contributed by atoms with E-state index in [2.05, 4.69) is 15.3 Å². The molecule has 0 unspecified atom stereocenters. The zero-order valence-corrected chi connectivity index (χ0v) is 16.1. The predicted octanol–water partition coefficient (Wildman–Crippen LogP) is 4.80. The van der Waals surface area contributed by atoms with Gasteiger partial charge in [0, 0.05) is 16.1 Å². The first-order valence-corrected chi connectivity index (χ1v) is 8.80. The van der Waals surface area contributed by atoms with E-state index in [9.17, 15) is 9.59 Å². The highest BCUT2D eigenvalue weighted by Crippen LogP contribution is 2.27. The molecule has 142 valence electrons. The molecule has 0 fully saturated rings. The summed E-state index contributed by atoms with van der Waals surface area (Å²) in [5.74, 6) is 0.0773. The van der Waals surface area contributed by atoms with Crippen molar-refractivity contribution in [1.29, 1.82) is 0 Å². The molecule has 8 heteroatoms. The van der Waals surface area contributed by atoms with Crippen LogP contribution in [-0.2, 0) is 4.74 Å². The van der Waals surface area contributed by atoms with E-state index >= 15 is 0 Å². The number of hydrogen-bond donors (Lipinski definition) is 1. The Bertz CT molecular complexity index is 1040. The molecule has 6 nitrogen and oxygen atoms in total. The second-order valence-electron chi connectivity index (χ2n) is 5.59. The Kier molecular flexibility index (Phi) is 6.13. The topological polar surface area (TPSA) is 80.9 Å². The predicted molar refractivity (Wildman–Crippen MR) is 107 cm³/mol. The highest BCUT2D eigenvalue weighted by Gasteiger charge is 2.13. The standard InChI is InChI=1S/C20H14Cl2N2O4/c1-27-20(26)16-8-4-13(10-17(16)22)18-9-7-15(28-18)11-23-24-19(25)12-2-5-14(21)6-3-12/h2-11H,1H3,(H,24,25)/b23-11-. The molecule has 3 aromatic rings. The highest BCUT2D eigenvalue weighted by molar-refractivity contribution is 6.33. The molecule has 3 rings (SSSR count). The van der Waals surface area contributed by atoms with Crippen LogP contribution in [-0.4, -0.2) is 25.2 Å². The fourth-order valence-corrected chi connectivity index (χ4v) is 2.73. The molecule has 1 N–H and O–H groups in total. The number of carbonyl (C=O) groups excluding carboxylic acids is 2. The molecule has 1 heterocycles. The molecule has 1 amide bonds. The molecule has 0 saturated heterocycles. The number of hydrogen-bond acceptors (Lipinski definition) is 5. The minimum Gasteiger partial charge on any atom is -0.465 e. The molecule has 2 aromatic carbocycles. The fourth-order valence-electron chi connectivity index (χ4n) is 2.34. The van der Waals surface area contributed by atoms with Gasteiger partial charge >= 0.3 is 5.97 Å². The van der Waals surface area contributed by atoms with Crippen LogP contribution in [0.4, 0.5) is 0 Å². The Balaban J connectivity index is 1.67. The van der Waals surface area contributed by atoms with E-state index in [0.29, 0.717) is 27.7 Å². The van der Waals surface area contributed by atoms with Crippen molar-refractivity contribution in [1.82, 2.24) is 5.43 Å². The highest BCUT2D eigenvalue weighted by atomic mass is 35.5. The van der Waals surface area contributed by atoms with Gasteiger partial charge in [-0.1, -0.05) is 29.3 Å². The van der Waals surface area contributed by atoms with E-state index in [0.717, 1.165) is 0 Å². The number of nitrogens with zero attached hydrogens (tertiary/aromatic N) is 1. The molecule has 1 aromatic heterocycles. The number of amides is 1. The van der Waals surface area contributed by atoms with E-state index in [1.165, 1.54) is 13.3 Å². The maximum Gasteiger partial charge on any atom is 0.339 e. The lowest BCUT2D eigenvalue weighted by molar-refractivity contribution is 0.0600. The molecule has 0 atom stereocenters. The summed E-state index contributed by atoms with van der Waals surface area (Å²) in [5, 5.41) is 4.67. The maximum atomic E-state index is 12.0. The van der Waals surface area contributed by atoms with Crippen molar-refractivity contribution < 1.29 is 18.7 Å². The lowest BCUT2D eigenvalue weighted by Crippen LogP contribution is -2.17. The van der Waals surface area contributed by atoms with Crippen LogP contribution in [0.5, 0.6) is 0 Å². The van der Waals surface area contributed by atoms with E-state index in [4.69, 9.17) is 27.6 Å². The lowest BCUT2D eigenvalue weighted by atomic mass is 10.1. The minimum absolute atomic E-state index is 0.256. The van der Waals surface area contributed by atoms with Gasteiger partial charge in [-0.15, -0.1) is 0 Å². The normalized spacial score (nSPS) is 10.8. The summed E-state index contributed by atoms with van der Waals surface area (Å²) in [7, 11) is 1.29. The Morgan fingerprint density at radius 1 is 1.07 bits per heavy atom. The summed E-state index contributed by atoms with van der Waals surface area (Å²) in [5.41, 5.74) is 3.79. The summed E-state index contributed by atoms with van der Waals surface area (Å²) in [6.45, 7) is 0. The fraction of sp³-hybridized carbons (Fsp3) is 0.0500. The summed E-state index contributed by atoms with van der Waals surface area (Å²) >= 11 is 11.9. The van der Waals surface area contributed by atoms with Crippen LogP contribution in [0, 0.1) is 0 Å². The maximum absolute atomic E-state index is 12.0.